The van der Waals surface area contributed by atoms with Crippen molar-refractivity contribution in [2.45, 2.75) is 13.1 Å². The first kappa shape index (κ1) is 13.1. The molecule has 0 saturated carbocycles. The Balaban J connectivity index is 1.94. The average Bonchev–Trinajstić information content (AvgIpc) is 2.34. The van der Waals surface area contributed by atoms with Crippen LogP contribution in [0.5, 0.6) is 0 Å². The number of hydrogen-bond donors (Lipinski definition) is 2. The minimum absolute atomic E-state index is 0.196. The number of anilines is 1. The van der Waals surface area contributed by atoms with E-state index in [4.69, 9.17) is 5.73 Å². The van der Waals surface area contributed by atoms with Crippen molar-refractivity contribution in [2.24, 2.45) is 0 Å². The summed E-state index contributed by atoms with van der Waals surface area (Å²) in [5.74, 6) is -0.196. The lowest BCUT2D eigenvalue weighted by Gasteiger charge is -2.07. The monoisotopic (exact) mass is 308 g/mol. The van der Waals surface area contributed by atoms with E-state index in [-0.39, 0.29) is 5.82 Å². The van der Waals surface area contributed by atoms with E-state index in [9.17, 15) is 4.39 Å². The van der Waals surface area contributed by atoms with Gasteiger partial charge in [0.1, 0.15) is 5.82 Å². The molecule has 18 heavy (non-hydrogen) atoms. The lowest BCUT2D eigenvalue weighted by atomic mass is 10.2. The van der Waals surface area contributed by atoms with Crippen LogP contribution in [0.4, 0.5) is 10.1 Å². The van der Waals surface area contributed by atoms with Gasteiger partial charge in [-0.25, -0.2) is 4.39 Å². The molecule has 0 heterocycles. The second kappa shape index (κ2) is 5.98. The Hall–Kier alpha value is -1.39. The van der Waals surface area contributed by atoms with Gasteiger partial charge in [-0.1, -0.05) is 28.1 Å². The van der Waals surface area contributed by atoms with E-state index in [0.29, 0.717) is 18.7 Å². The molecule has 94 valence electrons. The molecule has 0 aromatic heterocycles. The van der Waals surface area contributed by atoms with Crippen molar-refractivity contribution in [3.05, 3.63) is 63.9 Å². The number of nitrogens with one attached hydrogen (secondary N) is 1. The second-order valence-electron chi connectivity index (χ2n) is 4.08. The Kier molecular flexibility index (Phi) is 4.33. The third-order valence-electron chi connectivity index (χ3n) is 2.60. The molecule has 2 aromatic carbocycles. The highest BCUT2D eigenvalue weighted by atomic mass is 79.9. The van der Waals surface area contributed by atoms with Crippen LogP contribution < -0.4 is 11.1 Å². The Morgan fingerprint density at radius 1 is 1.11 bits per heavy atom. The summed E-state index contributed by atoms with van der Waals surface area (Å²) in [5, 5.41) is 3.20. The summed E-state index contributed by atoms with van der Waals surface area (Å²) in [7, 11) is 0. The van der Waals surface area contributed by atoms with E-state index >= 15 is 0 Å². The minimum atomic E-state index is -0.196. The third-order valence-corrected chi connectivity index (χ3v) is 3.10. The zero-order valence-electron chi connectivity index (χ0n) is 9.79. The molecule has 0 atom stereocenters. The summed E-state index contributed by atoms with van der Waals surface area (Å²) < 4.78 is 14.4. The van der Waals surface area contributed by atoms with Crippen LogP contribution in [0.1, 0.15) is 11.1 Å². The quantitative estimate of drug-likeness (QED) is 0.849. The molecule has 2 rings (SSSR count). The van der Waals surface area contributed by atoms with Gasteiger partial charge in [0.2, 0.25) is 0 Å². The van der Waals surface area contributed by atoms with Gasteiger partial charge in [0, 0.05) is 28.8 Å². The highest BCUT2D eigenvalue weighted by molar-refractivity contribution is 9.10. The zero-order chi connectivity index (χ0) is 13.0. The Morgan fingerprint density at radius 2 is 1.94 bits per heavy atom. The SMILES string of the molecule is Nc1cccc(CNCc2cc(Br)ccc2F)c1. The number of hydrogen-bond acceptors (Lipinski definition) is 2. The highest BCUT2D eigenvalue weighted by Crippen LogP contribution is 2.15. The van der Waals surface area contributed by atoms with Crippen molar-refractivity contribution in [1.29, 1.82) is 0 Å². The van der Waals surface area contributed by atoms with Gasteiger partial charge in [0.05, 0.1) is 0 Å². The van der Waals surface area contributed by atoms with Gasteiger partial charge >= 0.3 is 0 Å². The Labute approximate surface area is 114 Å². The summed E-state index contributed by atoms with van der Waals surface area (Å²) in [6.45, 7) is 1.15. The van der Waals surface area contributed by atoms with Crippen molar-refractivity contribution < 1.29 is 4.39 Å². The van der Waals surface area contributed by atoms with Crippen LogP contribution in [0.2, 0.25) is 0 Å². The molecule has 0 aliphatic rings. The maximum absolute atomic E-state index is 13.5. The molecule has 2 aromatic rings. The van der Waals surface area contributed by atoms with E-state index in [2.05, 4.69) is 21.2 Å². The van der Waals surface area contributed by atoms with Crippen molar-refractivity contribution in [3.63, 3.8) is 0 Å². The maximum atomic E-state index is 13.5. The van der Waals surface area contributed by atoms with Gasteiger partial charge in [-0.3, -0.25) is 0 Å². The smallest absolute Gasteiger partial charge is 0.127 e. The number of rotatable bonds is 4. The minimum Gasteiger partial charge on any atom is -0.399 e. The van der Waals surface area contributed by atoms with E-state index in [1.165, 1.54) is 6.07 Å². The number of nitrogen functional groups attached to an aromatic ring is 1. The van der Waals surface area contributed by atoms with Crippen LogP contribution in [0.25, 0.3) is 0 Å². The molecule has 3 N–H and O–H groups in total. The van der Waals surface area contributed by atoms with E-state index < -0.39 is 0 Å². The summed E-state index contributed by atoms with van der Waals surface area (Å²) in [6.07, 6.45) is 0. The molecule has 0 fully saturated rings. The van der Waals surface area contributed by atoms with Crippen LogP contribution in [0, 0.1) is 5.82 Å². The number of nitrogens with two attached hydrogens (primary N) is 1. The summed E-state index contributed by atoms with van der Waals surface area (Å²) >= 11 is 3.33. The van der Waals surface area contributed by atoms with E-state index in [0.717, 1.165) is 15.7 Å². The first-order valence-electron chi connectivity index (χ1n) is 5.64. The van der Waals surface area contributed by atoms with Crippen LogP contribution in [0.15, 0.2) is 46.9 Å². The fraction of sp³-hybridized carbons (Fsp3) is 0.143. The standard InChI is InChI=1S/C14H14BrFN2/c15-12-4-5-14(16)11(7-12)9-18-8-10-2-1-3-13(17)6-10/h1-7,18H,8-9,17H2. The lowest BCUT2D eigenvalue weighted by molar-refractivity contribution is 0.587. The first-order valence-corrected chi connectivity index (χ1v) is 6.43. The van der Waals surface area contributed by atoms with Gasteiger partial charge in [-0.2, -0.15) is 0 Å². The molecule has 0 unspecified atom stereocenters. The van der Waals surface area contributed by atoms with Gasteiger partial charge in [-0.05, 0) is 35.9 Å². The molecule has 0 spiro atoms. The molecular weight excluding hydrogens is 295 g/mol. The van der Waals surface area contributed by atoms with Gasteiger partial charge < -0.3 is 11.1 Å². The summed E-state index contributed by atoms with van der Waals surface area (Å²) in [4.78, 5) is 0. The highest BCUT2D eigenvalue weighted by Gasteiger charge is 2.02. The molecule has 4 heteroatoms. The van der Waals surface area contributed by atoms with Crippen LogP contribution in [-0.4, -0.2) is 0 Å². The Bertz CT molecular complexity index is 543. The second-order valence-corrected chi connectivity index (χ2v) is 5.00. The van der Waals surface area contributed by atoms with Gasteiger partial charge in [0.25, 0.3) is 0 Å². The predicted molar refractivity (Wildman–Crippen MR) is 75.5 cm³/mol. The molecule has 2 nitrogen and oxygen atoms in total. The maximum Gasteiger partial charge on any atom is 0.127 e. The molecule has 0 bridgehead atoms. The first-order chi connectivity index (χ1) is 8.65. The zero-order valence-corrected chi connectivity index (χ0v) is 11.4. The molecule has 0 amide bonds. The van der Waals surface area contributed by atoms with Crippen molar-refractivity contribution >= 4 is 21.6 Å². The summed E-state index contributed by atoms with van der Waals surface area (Å²) in [5.41, 5.74) is 8.17. The molecule has 0 radical (unpaired) electrons. The van der Waals surface area contributed by atoms with Crippen molar-refractivity contribution in [1.82, 2.24) is 5.32 Å². The largest absolute Gasteiger partial charge is 0.399 e. The summed E-state index contributed by atoms with van der Waals surface area (Å²) in [6, 6.07) is 12.6. The Morgan fingerprint density at radius 3 is 2.72 bits per heavy atom. The van der Waals surface area contributed by atoms with Gasteiger partial charge in [0.15, 0.2) is 0 Å². The van der Waals surface area contributed by atoms with Crippen LogP contribution in [0.3, 0.4) is 0 Å². The normalized spacial score (nSPS) is 10.6. The fourth-order valence-electron chi connectivity index (χ4n) is 1.72. The molecule has 0 saturated heterocycles. The van der Waals surface area contributed by atoms with Crippen molar-refractivity contribution in [3.8, 4) is 0 Å². The van der Waals surface area contributed by atoms with Crippen LogP contribution >= 0.6 is 15.9 Å². The molecular formula is C14H14BrFN2. The van der Waals surface area contributed by atoms with Crippen molar-refractivity contribution in [2.75, 3.05) is 5.73 Å². The molecule has 0 aliphatic carbocycles. The predicted octanol–water partition coefficient (Wildman–Crippen LogP) is 3.46. The fourth-order valence-corrected chi connectivity index (χ4v) is 2.13. The van der Waals surface area contributed by atoms with Gasteiger partial charge in [-0.15, -0.1) is 0 Å². The van der Waals surface area contributed by atoms with E-state index in [1.807, 2.05) is 24.3 Å². The number of benzene rings is 2. The number of halogens is 2. The molecule has 0 aliphatic heterocycles. The van der Waals surface area contributed by atoms with E-state index in [1.54, 1.807) is 12.1 Å². The van der Waals surface area contributed by atoms with Crippen LogP contribution in [-0.2, 0) is 13.1 Å². The average molecular weight is 309 g/mol. The topological polar surface area (TPSA) is 38.0 Å². The third kappa shape index (κ3) is 3.55. The lowest BCUT2D eigenvalue weighted by Crippen LogP contribution is -2.13.